The minimum atomic E-state index is -1.24. The van der Waals surface area contributed by atoms with Crippen molar-refractivity contribution in [2.45, 2.75) is 59.2 Å². The van der Waals surface area contributed by atoms with Gasteiger partial charge in [-0.05, 0) is 24.8 Å². The summed E-state index contributed by atoms with van der Waals surface area (Å²) in [5, 5.41) is 1.49. The third-order valence-corrected chi connectivity index (χ3v) is 6.25. The fourth-order valence-corrected chi connectivity index (χ4v) is 4.12. The molecule has 0 atom stereocenters. The maximum atomic E-state index is 3.75. The zero-order valence-corrected chi connectivity index (χ0v) is 20.5. The Labute approximate surface area is 183 Å². The fourth-order valence-electron chi connectivity index (χ4n) is 2.88. The topological polar surface area (TPSA) is 0 Å². The number of aryl methyl sites for hydroxylation is 2. The van der Waals surface area contributed by atoms with Crippen LogP contribution in [0.25, 0.3) is 0 Å². The van der Waals surface area contributed by atoms with E-state index >= 15 is 0 Å². The van der Waals surface area contributed by atoms with E-state index < -0.39 is 8.07 Å². The van der Waals surface area contributed by atoms with Crippen LogP contribution in [0.1, 0.15) is 37.0 Å². The van der Waals surface area contributed by atoms with E-state index in [-0.39, 0.29) is 64.4 Å². The third-order valence-electron chi connectivity index (χ3n) is 4.30. The minimum Gasteiger partial charge on any atom is -1.00 e. The maximum Gasteiger partial charge on any atom is 4.00 e. The monoisotopic (exact) mass is 436 g/mol. The van der Waals surface area contributed by atoms with Gasteiger partial charge in [-0.2, -0.15) is 5.57 Å². The molecule has 2 rings (SSSR count). The normalized spacial score (nSPS) is 13.5. The van der Waals surface area contributed by atoms with Crippen molar-refractivity contribution in [1.29, 1.82) is 0 Å². The van der Waals surface area contributed by atoms with Gasteiger partial charge in [-0.3, -0.25) is 6.08 Å². The zero-order chi connectivity index (χ0) is 15.1. The first-order chi connectivity index (χ1) is 9.10. The summed E-state index contributed by atoms with van der Waals surface area (Å²) >= 11 is 0. The second-order valence-electron chi connectivity index (χ2n) is 7.68. The number of hydrogen-bond donors (Lipinski definition) is 0. The van der Waals surface area contributed by atoms with Gasteiger partial charge < -0.3 is 37.2 Å². The molecule has 1 aromatic carbocycles. The van der Waals surface area contributed by atoms with Gasteiger partial charge >= 0.3 is 21.7 Å². The Bertz CT molecular complexity index is 579. The van der Waals surface area contributed by atoms with Crippen molar-refractivity contribution in [3.8, 4) is 0 Å². The molecule has 1 aliphatic rings. The van der Waals surface area contributed by atoms with Crippen LogP contribution in [0, 0.1) is 19.9 Å². The van der Waals surface area contributed by atoms with Gasteiger partial charge in [-0.15, -0.1) is 0 Å². The number of benzene rings is 1. The number of hydrogen-bond acceptors (Lipinski definition) is 0. The van der Waals surface area contributed by atoms with Crippen LogP contribution in [0.3, 0.4) is 0 Å². The summed E-state index contributed by atoms with van der Waals surface area (Å²) < 4.78 is 0. The average Bonchev–Trinajstić information content (AvgIpc) is 2.76. The van der Waals surface area contributed by atoms with Gasteiger partial charge in [0.25, 0.3) is 0 Å². The van der Waals surface area contributed by atoms with Crippen LogP contribution in [0.15, 0.2) is 35.0 Å². The first-order valence-electron chi connectivity index (χ1n) is 7.53. The van der Waals surface area contributed by atoms with E-state index in [1.807, 2.05) is 0 Å². The number of halogens is 3. The number of rotatable bonds is 3. The van der Waals surface area contributed by atoms with Crippen LogP contribution in [0.2, 0.25) is 19.6 Å². The molecule has 5 heteroatoms. The molecule has 0 fully saturated rings. The molecule has 132 valence electrons. The molecule has 0 heterocycles. The Morgan fingerprint density at radius 2 is 1.38 bits per heavy atom. The summed E-state index contributed by atoms with van der Waals surface area (Å²) in [6.45, 7) is 16.3. The Morgan fingerprint density at radius 3 is 1.75 bits per heavy atom. The van der Waals surface area contributed by atoms with Gasteiger partial charge in [-0.1, -0.05) is 69.2 Å². The van der Waals surface area contributed by atoms with Gasteiger partial charge in [0.05, 0.1) is 0 Å². The molecule has 0 aliphatic heterocycles. The van der Waals surface area contributed by atoms with Crippen molar-refractivity contribution in [3.05, 3.63) is 57.8 Å². The van der Waals surface area contributed by atoms with E-state index in [2.05, 4.69) is 77.7 Å². The summed E-state index contributed by atoms with van der Waals surface area (Å²) in [6, 6.07) is 6.90. The molecule has 0 nitrogen and oxygen atoms in total. The van der Waals surface area contributed by atoms with E-state index in [1.54, 1.807) is 0 Å². The summed E-state index contributed by atoms with van der Waals surface area (Å²) in [5.74, 6) is 0. The van der Waals surface area contributed by atoms with Gasteiger partial charge in [0.15, 0.2) is 0 Å². The van der Waals surface area contributed by atoms with E-state index in [0.717, 1.165) is 6.42 Å². The van der Waals surface area contributed by atoms with Crippen molar-refractivity contribution < 1.29 is 58.9 Å². The maximum absolute atomic E-state index is 3.75. The van der Waals surface area contributed by atoms with E-state index in [4.69, 9.17) is 0 Å². The summed E-state index contributed by atoms with van der Waals surface area (Å²) in [4.78, 5) is 0. The van der Waals surface area contributed by atoms with Gasteiger partial charge in [0.1, 0.15) is 0 Å². The summed E-state index contributed by atoms with van der Waals surface area (Å²) in [5.41, 5.74) is 5.65. The average molecular weight is 438 g/mol. The van der Waals surface area contributed by atoms with Crippen LogP contribution in [-0.4, -0.2) is 8.07 Å². The third kappa shape index (κ3) is 6.67. The Morgan fingerprint density at radius 1 is 0.917 bits per heavy atom. The Balaban J connectivity index is -0.00000110. The standard InChI is InChI=1S/C19H27Si.3ClH.Ti/c1-14-10-15(2)12-17(11-14)19(3,4)16-8-9-18(13-16)20(5,6)7;;;;/h9-12H,8H2,1-7H3;3*1H;/q-1;;;;+4/p-3. The second-order valence-corrected chi connectivity index (χ2v) is 12.7. The van der Waals surface area contributed by atoms with E-state index in [1.165, 1.54) is 27.5 Å². The molecule has 1 aromatic rings. The molecule has 24 heavy (non-hydrogen) atoms. The predicted octanol–water partition coefficient (Wildman–Crippen LogP) is -3.47. The first kappa shape index (κ1) is 29.3. The molecule has 0 amide bonds. The second kappa shape index (κ2) is 10.6. The van der Waals surface area contributed by atoms with Crippen LogP contribution in [-0.2, 0) is 27.1 Å². The molecule has 0 unspecified atom stereocenters. The smallest absolute Gasteiger partial charge is 1.00 e. The summed E-state index contributed by atoms with van der Waals surface area (Å²) in [7, 11) is -1.24. The minimum absolute atomic E-state index is 0. The molecule has 0 radical (unpaired) electrons. The Kier molecular flexibility index (Phi) is 12.9. The SMILES string of the molecule is Cc1cc(C)cc(C(C)(C)C2=[C-]C([Si](C)(C)C)=CC2)c1.[Cl-].[Cl-].[Cl-].[Ti+4]. The van der Waals surface area contributed by atoms with Crippen LogP contribution < -0.4 is 37.2 Å². The van der Waals surface area contributed by atoms with Crippen molar-refractivity contribution >= 4 is 8.07 Å². The molecule has 0 bridgehead atoms. The van der Waals surface area contributed by atoms with Crippen LogP contribution in [0.5, 0.6) is 0 Å². The molecule has 0 saturated heterocycles. The molecule has 0 saturated carbocycles. The van der Waals surface area contributed by atoms with E-state index in [9.17, 15) is 0 Å². The van der Waals surface area contributed by atoms with Crippen molar-refractivity contribution in [1.82, 2.24) is 0 Å². The zero-order valence-electron chi connectivity index (χ0n) is 15.7. The first-order valence-corrected chi connectivity index (χ1v) is 11.0. The largest absolute Gasteiger partial charge is 4.00 e. The Hall–Kier alpha value is 0.501. The molecule has 1 aliphatic carbocycles. The number of allylic oxidation sites excluding steroid dienone is 4. The van der Waals surface area contributed by atoms with Crippen molar-refractivity contribution in [2.24, 2.45) is 0 Å². The van der Waals surface area contributed by atoms with Gasteiger partial charge in [0.2, 0.25) is 0 Å². The fraction of sp³-hybridized carbons (Fsp3) is 0.474. The van der Waals surface area contributed by atoms with Crippen molar-refractivity contribution in [2.75, 3.05) is 0 Å². The van der Waals surface area contributed by atoms with Crippen molar-refractivity contribution in [3.63, 3.8) is 0 Å². The molecule has 0 aromatic heterocycles. The molecule has 0 spiro atoms. The van der Waals surface area contributed by atoms with Gasteiger partial charge in [0, 0.05) is 8.07 Å². The molecular formula is C19H27Cl3SiTi. The van der Waals surface area contributed by atoms with Gasteiger partial charge in [-0.25, -0.2) is 11.3 Å². The summed E-state index contributed by atoms with van der Waals surface area (Å²) in [6.07, 6.45) is 7.23. The van der Waals surface area contributed by atoms with Crippen LogP contribution in [0.4, 0.5) is 0 Å². The molecular weight excluding hydrogens is 411 g/mol. The van der Waals surface area contributed by atoms with Crippen LogP contribution >= 0.6 is 0 Å². The quantitative estimate of drug-likeness (QED) is 0.341. The van der Waals surface area contributed by atoms with E-state index in [0.29, 0.717) is 0 Å². The predicted molar refractivity (Wildman–Crippen MR) is 91.7 cm³/mol. The molecule has 0 N–H and O–H groups in total.